The Kier molecular flexibility index (Phi) is 5.70. The van der Waals surface area contributed by atoms with E-state index in [2.05, 4.69) is 0 Å². The van der Waals surface area contributed by atoms with E-state index in [1.807, 2.05) is 0 Å². The van der Waals surface area contributed by atoms with Crippen molar-refractivity contribution in [1.82, 2.24) is 0 Å². The average molecular weight is 360 g/mol. The van der Waals surface area contributed by atoms with E-state index in [0.29, 0.717) is 12.8 Å². The maximum atomic E-state index is 11.8. The molecular weight excluding hydrogens is 336 g/mol. The van der Waals surface area contributed by atoms with Crippen LogP contribution in [0.4, 0.5) is 0 Å². The molecule has 0 unspecified atom stereocenters. The fourth-order valence-electron chi connectivity index (χ4n) is 3.95. The predicted molar refractivity (Wildman–Crippen MR) is 81.0 cm³/mol. The van der Waals surface area contributed by atoms with Crippen molar-refractivity contribution in [2.75, 3.05) is 6.61 Å². The van der Waals surface area contributed by atoms with E-state index < -0.39 is 54.2 Å². The first kappa shape index (κ1) is 19.6. The van der Waals surface area contributed by atoms with Crippen molar-refractivity contribution in [1.29, 1.82) is 0 Å². The molecule has 1 aliphatic carbocycles. The van der Waals surface area contributed by atoms with Crippen molar-refractivity contribution in [3.63, 3.8) is 0 Å². The maximum absolute atomic E-state index is 11.8. The number of esters is 3. The average Bonchev–Trinajstić information content (AvgIpc) is 2.50. The molecule has 9 nitrogen and oxygen atoms in total. The van der Waals surface area contributed by atoms with E-state index in [0.717, 1.165) is 13.8 Å². The van der Waals surface area contributed by atoms with E-state index in [4.69, 9.17) is 18.9 Å². The van der Waals surface area contributed by atoms with Gasteiger partial charge in [0.2, 0.25) is 5.60 Å². The highest BCUT2D eigenvalue weighted by Crippen LogP contribution is 2.52. The third kappa shape index (κ3) is 3.36. The molecule has 1 aliphatic heterocycles. The van der Waals surface area contributed by atoms with Gasteiger partial charge in [0, 0.05) is 20.8 Å². The van der Waals surface area contributed by atoms with Crippen LogP contribution < -0.4 is 0 Å². The lowest BCUT2D eigenvalue weighted by Crippen LogP contribution is -2.78. The first-order chi connectivity index (χ1) is 11.7. The summed E-state index contributed by atoms with van der Waals surface area (Å²) < 4.78 is 21.7. The topological polar surface area (TPSA) is 129 Å². The lowest BCUT2D eigenvalue weighted by molar-refractivity contribution is -0.375. The maximum Gasteiger partial charge on any atom is 0.303 e. The lowest BCUT2D eigenvalue weighted by atomic mass is 9.65. The third-order valence-corrected chi connectivity index (χ3v) is 4.69. The Morgan fingerprint density at radius 3 is 2.00 bits per heavy atom. The Bertz CT molecular complexity index is 548. The van der Waals surface area contributed by atoms with Gasteiger partial charge < -0.3 is 29.2 Å². The molecular formula is C16H24O9. The van der Waals surface area contributed by atoms with Crippen LogP contribution in [-0.4, -0.2) is 64.4 Å². The third-order valence-electron chi connectivity index (χ3n) is 4.69. The van der Waals surface area contributed by atoms with Crippen molar-refractivity contribution in [3.8, 4) is 0 Å². The zero-order valence-electron chi connectivity index (χ0n) is 14.5. The second-order valence-electron chi connectivity index (χ2n) is 6.41. The van der Waals surface area contributed by atoms with E-state index in [1.165, 1.54) is 6.92 Å². The van der Waals surface area contributed by atoms with Gasteiger partial charge in [-0.25, -0.2) is 0 Å². The molecule has 1 saturated heterocycles. The minimum Gasteiger partial charge on any atom is -0.455 e. The van der Waals surface area contributed by atoms with Gasteiger partial charge in [0.1, 0.15) is 6.10 Å². The molecule has 142 valence electrons. The van der Waals surface area contributed by atoms with Crippen molar-refractivity contribution >= 4 is 17.9 Å². The fourth-order valence-corrected chi connectivity index (χ4v) is 3.95. The van der Waals surface area contributed by atoms with Gasteiger partial charge in [-0.2, -0.15) is 0 Å². The van der Waals surface area contributed by atoms with Crippen molar-refractivity contribution in [3.05, 3.63) is 0 Å². The largest absolute Gasteiger partial charge is 0.455 e. The molecule has 0 spiro atoms. The van der Waals surface area contributed by atoms with Crippen LogP contribution in [-0.2, 0) is 33.3 Å². The van der Waals surface area contributed by atoms with E-state index in [-0.39, 0.29) is 12.8 Å². The number of aliphatic hydroxyl groups is 2. The second-order valence-corrected chi connectivity index (χ2v) is 6.41. The summed E-state index contributed by atoms with van der Waals surface area (Å²) in [5, 5.41) is 20.2. The van der Waals surface area contributed by atoms with Gasteiger partial charge in [0.05, 0.1) is 6.61 Å². The van der Waals surface area contributed by atoms with Crippen LogP contribution in [0.1, 0.15) is 46.5 Å². The van der Waals surface area contributed by atoms with Crippen LogP contribution in [0.15, 0.2) is 0 Å². The Hall–Kier alpha value is -1.71. The molecule has 0 aromatic heterocycles. The molecule has 9 heteroatoms. The van der Waals surface area contributed by atoms with Gasteiger partial charge in [-0.3, -0.25) is 14.4 Å². The molecule has 0 radical (unpaired) electrons. The number of ether oxygens (including phenoxy) is 4. The van der Waals surface area contributed by atoms with Gasteiger partial charge in [0.15, 0.2) is 18.0 Å². The standard InChI is InChI=1S/C16H24O9/c1-9(18)22-13-12(8-17)23-14(21)16(25-11(3)20)7-5-4-6-15(13,16)24-10(2)19/h12-14,17,21H,4-8H2,1-3H3/t12-,13-,14-,15+,16+/m0/s1. The number of rotatable bonds is 4. The highest BCUT2D eigenvalue weighted by molar-refractivity contribution is 5.69. The summed E-state index contributed by atoms with van der Waals surface area (Å²) in [7, 11) is 0. The monoisotopic (exact) mass is 360 g/mol. The van der Waals surface area contributed by atoms with Gasteiger partial charge in [-0.15, -0.1) is 0 Å². The highest BCUT2D eigenvalue weighted by Gasteiger charge is 2.72. The molecule has 0 aromatic carbocycles. The summed E-state index contributed by atoms with van der Waals surface area (Å²) >= 11 is 0. The first-order valence-corrected chi connectivity index (χ1v) is 8.19. The van der Waals surface area contributed by atoms with Crippen LogP contribution in [0.3, 0.4) is 0 Å². The number of carbonyl (C=O) groups is 3. The Balaban J connectivity index is 2.64. The Morgan fingerprint density at radius 1 is 1.00 bits per heavy atom. The summed E-state index contributed by atoms with van der Waals surface area (Å²) in [4.78, 5) is 35.2. The molecule has 2 fully saturated rings. The molecule has 5 atom stereocenters. The van der Waals surface area contributed by atoms with Crippen LogP contribution in [0.25, 0.3) is 0 Å². The zero-order valence-corrected chi connectivity index (χ0v) is 14.5. The summed E-state index contributed by atoms with van der Waals surface area (Å²) in [5.41, 5.74) is -3.38. The summed E-state index contributed by atoms with van der Waals surface area (Å²) in [5.74, 6) is -2.08. The second kappa shape index (κ2) is 7.27. The molecule has 1 saturated carbocycles. The van der Waals surface area contributed by atoms with E-state index in [1.54, 1.807) is 0 Å². The first-order valence-electron chi connectivity index (χ1n) is 8.19. The molecule has 2 N–H and O–H groups in total. The fraction of sp³-hybridized carbons (Fsp3) is 0.812. The molecule has 25 heavy (non-hydrogen) atoms. The predicted octanol–water partition coefficient (Wildman–Crippen LogP) is -0.195. The van der Waals surface area contributed by atoms with Crippen molar-refractivity contribution in [2.45, 2.75) is 76.2 Å². The molecule has 1 heterocycles. The van der Waals surface area contributed by atoms with Crippen LogP contribution in [0, 0.1) is 0 Å². The van der Waals surface area contributed by atoms with E-state index >= 15 is 0 Å². The molecule has 0 amide bonds. The lowest BCUT2D eigenvalue weighted by Gasteiger charge is -2.59. The van der Waals surface area contributed by atoms with Crippen LogP contribution in [0.5, 0.6) is 0 Å². The summed E-state index contributed by atoms with van der Waals surface area (Å²) in [6, 6.07) is 0. The van der Waals surface area contributed by atoms with Crippen molar-refractivity contribution < 1.29 is 43.5 Å². The van der Waals surface area contributed by atoms with Crippen LogP contribution in [0.2, 0.25) is 0 Å². The number of aliphatic hydroxyl groups excluding tert-OH is 2. The number of carbonyl (C=O) groups excluding carboxylic acids is 3. The number of hydrogen-bond donors (Lipinski definition) is 2. The van der Waals surface area contributed by atoms with Gasteiger partial charge >= 0.3 is 17.9 Å². The number of hydrogen-bond acceptors (Lipinski definition) is 9. The van der Waals surface area contributed by atoms with E-state index in [9.17, 15) is 24.6 Å². The SMILES string of the molecule is CC(=O)O[C@H]1[C@H](CO)O[C@H](O)[C@]2(OC(C)=O)CCCC[C@@]12OC(C)=O. The molecule has 0 bridgehead atoms. The van der Waals surface area contributed by atoms with Crippen molar-refractivity contribution in [2.24, 2.45) is 0 Å². The minimum absolute atomic E-state index is 0.150. The molecule has 0 aromatic rings. The van der Waals surface area contributed by atoms with Gasteiger partial charge in [-0.1, -0.05) is 0 Å². The Labute approximate surface area is 145 Å². The normalized spacial score (nSPS) is 37.6. The van der Waals surface area contributed by atoms with Gasteiger partial charge in [0.25, 0.3) is 0 Å². The summed E-state index contributed by atoms with van der Waals surface area (Å²) in [6.45, 7) is 2.90. The molecule has 2 rings (SSSR count). The number of fused-ring (bicyclic) bond motifs is 1. The molecule has 2 aliphatic rings. The quantitative estimate of drug-likeness (QED) is 0.517. The zero-order chi connectivity index (χ0) is 18.8. The van der Waals surface area contributed by atoms with Gasteiger partial charge in [-0.05, 0) is 25.7 Å². The highest BCUT2D eigenvalue weighted by atomic mass is 16.7. The smallest absolute Gasteiger partial charge is 0.303 e. The summed E-state index contributed by atoms with van der Waals surface area (Å²) in [6.07, 6.45) is -2.54. The Morgan fingerprint density at radius 2 is 1.52 bits per heavy atom. The minimum atomic E-state index is -1.73. The van der Waals surface area contributed by atoms with Crippen LogP contribution >= 0.6 is 0 Å².